The molecule has 1 heterocycles. The van der Waals surface area contributed by atoms with Crippen LogP contribution in [0.4, 0.5) is 0 Å². The highest BCUT2D eigenvalue weighted by Gasteiger charge is 2.09. The van der Waals surface area contributed by atoms with Crippen LogP contribution in [0.25, 0.3) is 10.9 Å². The average molecular weight is 346 g/mol. The molecule has 0 saturated heterocycles. The number of benzene rings is 2. The number of fused-ring (bicyclic) bond motifs is 1. The quantitative estimate of drug-likeness (QED) is 0.665. The third kappa shape index (κ3) is 3.51. The fourth-order valence-electron chi connectivity index (χ4n) is 2.45. The number of aromatic nitrogens is 1. The zero-order chi connectivity index (χ0) is 17.1. The predicted molar refractivity (Wildman–Crippen MR) is 93.0 cm³/mol. The van der Waals surface area contributed by atoms with E-state index in [4.69, 9.17) is 20.8 Å². The van der Waals surface area contributed by atoms with E-state index in [-0.39, 0.29) is 0 Å². The highest BCUT2D eigenvalue weighted by Crippen LogP contribution is 2.16. The molecule has 3 aromatic rings. The lowest BCUT2D eigenvalue weighted by Gasteiger charge is -2.10. The molecule has 0 saturated carbocycles. The molecule has 2 aromatic carbocycles. The maximum absolute atomic E-state index is 12.0. The number of hydrogen-bond acceptors (Lipinski definition) is 4. The van der Waals surface area contributed by atoms with Crippen LogP contribution in [-0.2, 0) is 6.54 Å². The molecule has 1 aromatic heterocycles. The number of aryl methyl sites for hydroxylation is 2. The third-order valence-corrected chi connectivity index (χ3v) is 3.92. The molecule has 0 N–H and O–H groups in total. The number of halogens is 1. The first kappa shape index (κ1) is 16.3. The molecule has 5 nitrogen and oxygen atoms in total. The summed E-state index contributed by atoms with van der Waals surface area (Å²) in [4.78, 5) is 23.7. The standard InChI is InChI=1S/C18H16ClNO4/c1-12-3-6-14(7-4-12)23-10-2-9-20-16-8-5-13(19)11-15(16)17(21)24-18(20)22/h3-8,11H,2,9-10H2,1H3. The van der Waals surface area contributed by atoms with E-state index >= 15 is 0 Å². The summed E-state index contributed by atoms with van der Waals surface area (Å²) in [6.45, 7) is 2.84. The fourth-order valence-corrected chi connectivity index (χ4v) is 2.63. The normalized spacial score (nSPS) is 10.9. The Labute approximate surface area is 143 Å². The number of hydrogen-bond donors (Lipinski definition) is 0. The van der Waals surface area contributed by atoms with Crippen molar-refractivity contribution in [2.45, 2.75) is 19.9 Å². The highest BCUT2D eigenvalue weighted by atomic mass is 35.5. The smallest absolute Gasteiger partial charge is 0.422 e. The van der Waals surface area contributed by atoms with Gasteiger partial charge in [-0.1, -0.05) is 29.3 Å². The fraction of sp³-hybridized carbons (Fsp3) is 0.222. The molecule has 124 valence electrons. The van der Waals surface area contributed by atoms with Gasteiger partial charge in [-0.3, -0.25) is 4.57 Å². The third-order valence-electron chi connectivity index (χ3n) is 3.69. The Morgan fingerprint density at radius 3 is 2.62 bits per heavy atom. The number of ether oxygens (including phenoxy) is 1. The summed E-state index contributed by atoms with van der Waals surface area (Å²) in [5, 5.41) is 0.712. The zero-order valence-corrected chi connectivity index (χ0v) is 13.9. The van der Waals surface area contributed by atoms with E-state index in [2.05, 4.69) is 0 Å². The Balaban J connectivity index is 1.74. The molecule has 0 bridgehead atoms. The van der Waals surface area contributed by atoms with E-state index in [9.17, 15) is 9.59 Å². The van der Waals surface area contributed by atoms with E-state index in [0.717, 1.165) is 5.75 Å². The highest BCUT2D eigenvalue weighted by molar-refractivity contribution is 6.31. The van der Waals surface area contributed by atoms with Crippen LogP contribution in [0.1, 0.15) is 12.0 Å². The molecule has 6 heteroatoms. The first-order chi connectivity index (χ1) is 11.5. The van der Waals surface area contributed by atoms with E-state index in [1.807, 2.05) is 31.2 Å². The van der Waals surface area contributed by atoms with Gasteiger partial charge in [0.25, 0.3) is 0 Å². The minimum atomic E-state index is -0.676. The van der Waals surface area contributed by atoms with Crippen LogP contribution in [0.15, 0.2) is 56.5 Å². The summed E-state index contributed by atoms with van der Waals surface area (Å²) in [6, 6.07) is 12.5. The minimum Gasteiger partial charge on any atom is -0.494 e. The molecule has 0 aliphatic rings. The van der Waals surface area contributed by atoms with Gasteiger partial charge in [-0.05, 0) is 43.7 Å². The molecule has 3 rings (SSSR count). The lowest BCUT2D eigenvalue weighted by atomic mass is 10.2. The van der Waals surface area contributed by atoms with Crippen molar-refractivity contribution in [2.75, 3.05) is 6.61 Å². The molecule has 0 radical (unpaired) electrons. The molecule has 0 fully saturated rings. The van der Waals surface area contributed by atoms with Crippen molar-refractivity contribution in [1.82, 2.24) is 4.57 Å². The monoisotopic (exact) mass is 345 g/mol. The largest absolute Gasteiger partial charge is 0.494 e. The molecule has 0 aliphatic carbocycles. The molecule has 24 heavy (non-hydrogen) atoms. The van der Waals surface area contributed by atoms with Gasteiger partial charge in [-0.15, -0.1) is 0 Å². The van der Waals surface area contributed by atoms with Gasteiger partial charge >= 0.3 is 11.4 Å². The summed E-state index contributed by atoms with van der Waals surface area (Å²) in [6.07, 6.45) is 0.596. The summed E-state index contributed by atoms with van der Waals surface area (Å²) in [5.41, 5.74) is 0.999. The van der Waals surface area contributed by atoms with Crippen molar-refractivity contribution in [3.05, 3.63) is 74.0 Å². The zero-order valence-electron chi connectivity index (χ0n) is 13.1. The predicted octanol–water partition coefficient (Wildman–Crippen LogP) is 3.39. The Morgan fingerprint density at radius 2 is 1.88 bits per heavy atom. The lowest BCUT2D eigenvalue weighted by molar-refractivity contribution is 0.296. The Bertz CT molecular complexity index is 973. The summed E-state index contributed by atoms with van der Waals surface area (Å²) >= 11 is 5.90. The molecular formula is C18H16ClNO4. The Hall–Kier alpha value is -2.53. The van der Waals surface area contributed by atoms with Crippen molar-refractivity contribution >= 4 is 22.5 Å². The molecule has 0 amide bonds. The van der Waals surface area contributed by atoms with Crippen LogP contribution in [0.2, 0.25) is 5.02 Å². The summed E-state index contributed by atoms with van der Waals surface area (Å²) < 4.78 is 11.8. The van der Waals surface area contributed by atoms with Crippen LogP contribution in [0, 0.1) is 6.92 Å². The first-order valence-corrected chi connectivity index (χ1v) is 7.95. The SMILES string of the molecule is Cc1ccc(OCCCn2c(=O)oc(=O)c3cc(Cl)ccc32)cc1. The first-order valence-electron chi connectivity index (χ1n) is 7.57. The van der Waals surface area contributed by atoms with E-state index < -0.39 is 11.4 Å². The van der Waals surface area contributed by atoms with Gasteiger partial charge in [0, 0.05) is 11.6 Å². The summed E-state index contributed by atoms with van der Waals surface area (Å²) in [7, 11) is 0. The van der Waals surface area contributed by atoms with Gasteiger partial charge < -0.3 is 9.15 Å². The molecule has 0 spiro atoms. The van der Waals surface area contributed by atoms with E-state index in [1.165, 1.54) is 16.2 Å². The topological polar surface area (TPSA) is 61.4 Å². The lowest BCUT2D eigenvalue weighted by Crippen LogP contribution is -2.25. The molecule has 0 aliphatic heterocycles. The second-order valence-corrected chi connectivity index (χ2v) is 5.92. The van der Waals surface area contributed by atoms with Crippen molar-refractivity contribution in [3.8, 4) is 5.75 Å². The number of rotatable bonds is 5. The summed E-state index contributed by atoms with van der Waals surface area (Å²) in [5.74, 6) is 0.106. The van der Waals surface area contributed by atoms with E-state index in [0.29, 0.717) is 35.5 Å². The van der Waals surface area contributed by atoms with Crippen LogP contribution in [0.3, 0.4) is 0 Å². The van der Waals surface area contributed by atoms with Gasteiger partial charge in [0.15, 0.2) is 0 Å². The number of nitrogens with zero attached hydrogens (tertiary/aromatic N) is 1. The van der Waals surface area contributed by atoms with Crippen LogP contribution in [-0.4, -0.2) is 11.2 Å². The molecule has 0 atom stereocenters. The second-order valence-electron chi connectivity index (χ2n) is 5.48. The van der Waals surface area contributed by atoms with E-state index in [1.54, 1.807) is 12.1 Å². The van der Waals surface area contributed by atoms with Gasteiger partial charge in [0.2, 0.25) is 0 Å². The van der Waals surface area contributed by atoms with Crippen LogP contribution < -0.4 is 16.1 Å². The molecular weight excluding hydrogens is 330 g/mol. The minimum absolute atomic E-state index is 0.293. The van der Waals surface area contributed by atoms with Gasteiger partial charge in [-0.2, -0.15) is 0 Å². The Kier molecular flexibility index (Phi) is 4.71. The maximum Gasteiger partial charge on any atom is 0.422 e. The molecule has 0 unspecified atom stereocenters. The van der Waals surface area contributed by atoms with Crippen LogP contribution in [0.5, 0.6) is 5.75 Å². The van der Waals surface area contributed by atoms with Gasteiger partial charge in [-0.25, -0.2) is 9.59 Å². The second kappa shape index (κ2) is 6.93. The Morgan fingerprint density at radius 1 is 1.12 bits per heavy atom. The van der Waals surface area contributed by atoms with Crippen molar-refractivity contribution in [1.29, 1.82) is 0 Å². The van der Waals surface area contributed by atoms with Gasteiger partial charge in [0.1, 0.15) is 5.75 Å². The van der Waals surface area contributed by atoms with Crippen molar-refractivity contribution < 1.29 is 9.15 Å². The average Bonchev–Trinajstić information content (AvgIpc) is 2.56. The van der Waals surface area contributed by atoms with Crippen molar-refractivity contribution in [2.24, 2.45) is 0 Å². The van der Waals surface area contributed by atoms with Gasteiger partial charge in [0.05, 0.1) is 17.5 Å². The van der Waals surface area contributed by atoms with Crippen LogP contribution >= 0.6 is 11.6 Å². The maximum atomic E-state index is 12.0. The van der Waals surface area contributed by atoms with Crippen molar-refractivity contribution in [3.63, 3.8) is 0 Å².